The summed E-state index contributed by atoms with van der Waals surface area (Å²) in [5, 5.41) is 10.2. The van der Waals surface area contributed by atoms with E-state index in [-0.39, 0.29) is 18.3 Å². The molecule has 152 valence electrons. The number of halogens is 1. The summed E-state index contributed by atoms with van der Waals surface area (Å²) < 4.78 is 19.1. The third kappa shape index (κ3) is 5.19. The van der Waals surface area contributed by atoms with Crippen LogP contribution in [-0.2, 0) is 16.2 Å². The topological polar surface area (TPSA) is 63.5 Å². The maximum atomic E-state index is 13.1. The largest absolute Gasteiger partial charge is 0.489 e. The second-order valence-corrected chi connectivity index (χ2v) is 6.81. The summed E-state index contributed by atoms with van der Waals surface area (Å²) in [4.78, 5) is 16.3. The minimum Gasteiger partial charge on any atom is -0.489 e. The lowest BCUT2D eigenvalue weighted by Gasteiger charge is -2.24. The molecule has 7 heteroatoms. The Morgan fingerprint density at radius 3 is 2.69 bits per heavy atom. The van der Waals surface area contributed by atoms with Crippen LogP contribution in [0, 0.1) is 5.82 Å². The van der Waals surface area contributed by atoms with Gasteiger partial charge >= 0.3 is 5.97 Å². The molecule has 2 aromatic rings. The Bertz CT molecular complexity index is 925. The SMILES string of the molecule is CCC(=O)O/N=C(/C)N1N=C(C)CC1c1ccccc1OCc1ccc(F)cc1. The number of oxime groups is 1. The summed E-state index contributed by atoms with van der Waals surface area (Å²) in [6, 6.07) is 13.8. The minimum absolute atomic E-state index is 0.122. The van der Waals surface area contributed by atoms with Crippen LogP contribution in [0.2, 0.25) is 0 Å². The molecule has 2 aromatic carbocycles. The molecule has 6 nitrogen and oxygen atoms in total. The Labute approximate surface area is 169 Å². The van der Waals surface area contributed by atoms with E-state index in [1.807, 2.05) is 31.2 Å². The number of para-hydroxylation sites is 1. The van der Waals surface area contributed by atoms with Gasteiger partial charge in [-0.1, -0.05) is 42.4 Å². The maximum Gasteiger partial charge on any atom is 0.334 e. The predicted octanol–water partition coefficient (Wildman–Crippen LogP) is 4.81. The smallest absolute Gasteiger partial charge is 0.334 e. The molecule has 0 spiro atoms. The summed E-state index contributed by atoms with van der Waals surface area (Å²) >= 11 is 0. The average molecular weight is 397 g/mol. The molecule has 0 aromatic heterocycles. The molecule has 0 N–H and O–H groups in total. The highest BCUT2D eigenvalue weighted by Crippen LogP contribution is 2.36. The highest BCUT2D eigenvalue weighted by molar-refractivity contribution is 5.89. The van der Waals surface area contributed by atoms with Crippen molar-refractivity contribution >= 4 is 17.5 Å². The zero-order valence-electron chi connectivity index (χ0n) is 16.8. The van der Waals surface area contributed by atoms with Crippen LogP contribution in [0.3, 0.4) is 0 Å². The lowest BCUT2D eigenvalue weighted by molar-refractivity contribution is -0.143. The van der Waals surface area contributed by atoms with Crippen molar-refractivity contribution < 1.29 is 18.8 Å². The summed E-state index contributed by atoms with van der Waals surface area (Å²) in [5.74, 6) is 0.530. The number of amidine groups is 1. The van der Waals surface area contributed by atoms with E-state index >= 15 is 0 Å². The molecule has 1 unspecified atom stereocenters. The Morgan fingerprint density at radius 1 is 1.24 bits per heavy atom. The van der Waals surface area contributed by atoms with Crippen molar-refractivity contribution in [3.05, 3.63) is 65.5 Å². The van der Waals surface area contributed by atoms with E-state index in [1.165, 1.54) is 12.1 Å². The molecule has 29 heavy (non-hydrogen) atoms. The Hall–Kier alpha value is -3.22. The van der Waals surface area contributed by atoms with Crippen LogP contribution in [0.15, 0.2) is 58.8 Å². The van der Waals surface area contributed by atoms with Gasteiger partial charge in [0.1, 0.15) is 18.2 Å². The zero-order chi connectivity index (χ0) is 20.8. The van der Waals surface area contributed by atoms with Crippen molar-refractivity contribution in [1.82, 2.24) is 5.01 Å². The van der Waals surface area contributed by atoms with Crippen LogP contribution in [0.5, 0.6) is 5.75 Å². The lowest BCUT2D eigenvalue weighted by atomic mass is 10.0. The predicted molar refractivity (Wildman–Crippen MR) is 109 cm³/mol. The number of ether oxygens (including phenoxy) is 1. The van der Waals surface area contributed by atoms with Gasteiger partial charge in [-0.05, 0) is 37.6 Å². The van der Waals surface area contributed by atoms with Gasteiger partial charge in [-0.15, -0.1) is 0 Å². The molecule has 1 heterocycles. The fraction of sp³-hybridized carbons (Fsp3) is 0.318. The lowest BCUT2D eigenvalue weighted by Crippen LogP contribution is -2.25. The molecule has 0 amide bonds. The van der Waals surface area contributed by atoms with Gasteiger partial charge in [-0.25, -0.2) is 14.2 Å². The fourth-order valence-corrected chi connectivity index (χ4v) is 3.05. The minimum atomic E-state index is -0.399. The second kappa shape index (κ2) is 9.32. The van der Waals surface area contributed by atoms with E-state index in [0.29, 0.717) is 18.9 Å². The van der Waals surface area contributed by atoms with E-state index in [0.717, 1.165) is 22.6 Å². The molecular weight excluding hydrogens is 373 g/mol. The highest BCUT2D eigenvalue weighted by Gasteiger charge is 2.30. The third-order valence-corrected chi connectivity index (χ3v) is 4.55. The van der Waals surface area contributed by atoms with Gasteiger partial charge in [0.15, 0.2) is 5.84 Å². The quantitative estimate of drug-likeness (QED) is 0.304. The van der Waals surface area contributed by atoms with Crippen LogP contribution in [-0.4, -0.2) is 22.5 Å². The third-order valence-electron chi connectivity index (χ3n) is 4.55. The molecule has 0 saturated carbocycles. The van der Waals surface area contributed by atoms with Crippen molar-refractivity contribution in [3.63, 3.8) is 0 Å². The first-order valence-corrected chi connectivity index (χ1v) is 9.52. The van der Waals surface area contributed by atoms with Crippen LogP contribution < -0.4 is 4.74 Å². The van der Waals surface area contributed by atoms with Gasteiger partial charge in [-0.3, -0.25) is 0 Å². The molecular formula is C22H24FN3O3. The number of carbonyl (C=O) groups is 1. The van der Waals surface area contributed by atoms with Gasteiger partial charge in [0.25, 0.3) is 0 Å². The molecule has 0 radical (unpaired) electrons. The first-order valence-electron chi connectivity index (χ1n) is 9.52. The molecule has 1 aliphatic rings. The molecule has 0 bridgehead atoms. The van der Waals surface area contributed by atoms with E-state index in [1.54, 1.807) is 31.0 Å². The zero-order valence-corrected chi connectivity index (χ0v) is 16.8. The Morgan fingerprint density at radius 2 is 1.97 bits per heavy atom. The van der Waals surface area contributed by atoms with Crippen LogP contribution >= 0.6 is 0 Å². The molecule has 0 saturated heterocycles. The monoisotopic (exact) mass is 397 g/mol. The van der Waals surface area contributed by atoms with Crippen molar-refractivity contribution in [2.45, 2.75) is 46.3 Å². The Balaban J connectivity index is 1.79. The molecule has 0 fully saturated rings. The molecule has 1 atom stereocenters. The van der Waals surface area contributed by atoms with Gasteiger partial charge in [0.2, 0.25) is 0 Å². The van der Waals surface area contributed by atoms with E-state index in [2.05, 4.69) is 10.3 Å². The number of carbonyl (C=O) groups excluding carboxylic acids is 1. The fourth-order valence-electron chi connectivity index (χ4n) is 3.05. The normalized spacial score (nSPS) is 16.6. The Kier molecular flexibility index (Phi) is 6.59. The first-order chi connectivity index (χ1) is 14.0. The first kappa shape index (κ1) is 20.5. The summed E-state index contributed by atoms with van der Waals surface area (Å²) in [7, 11) is 0. The number of benzene rings is 2. The number of hydrogen-bond acceptors (Lipinski definition) is 5. The van der Waals surface area contributed by atoms with E-state index in [9.17, 15) is 9.18 Å². The summed E-state index contributed by atoms with van der Waals surface area (Å²) in [6.45, 7) is 5.73. The molecule has 3 rings (SSSR count). The van der Waals surface area contributed by atoms with Crippen molar-refractivity contribution in [2.75, 3.05) is 0 Å². The van der Waals surface area contributed by atoms with Crippen LogP contribution in [0.25, 0.3) is 0 Å². The van der Waals surface area contributed by atoms with E-state index in [4.69, 9.17) is 9.57 Å². The maximum absolute atomic E-state index is 13.1. The second-order valence-electron chi connectivity index (χ2n) is 6.81. The summed E-state index contributed by atoms with van der Waals surface area (Å²) in [5.41, 5.74) is 2.77. The van der Waals surface area contributed by atoms with Crippen LogP contribution in [0.4, 0.5) is 4.39 Å². The number of hydrazone groups is 1. The number of nitrogens with zero attached hydrogens (tertiary/aromatic N) is 3. The standard InChI is InChI=1S/C22H24FN3O3/c1-4-22(27)29-25-16(3)26-20(13-15(2)24-26)19-7-5-6-8-21(19)28-14-17-9-11-18(23)12-10-17/h5-12,20H,4,13-14H2,1-3H3/b25-16-. The van der Waals surface area contributed by atoms with Gasteiger partial charge in [-0.2, -0.15) is 5.10 Å². The van der Waals surface area contributed by atoms with Gasteiger partial charge in [0.05, 0.1) is 6.04 Å². The van der Waals surface area contributed by atoms with Gasteiger partial charge < -0.3 is 9.57 Å². The molecule has 0 aliphatic carbocycles. The number of rotatable bonds is 6. The van der Waals surface area contributed by atoms with Crippen molar-refractivity contribution in [2.24, 2.45) is 10.3 Å². The average Bonchev–Trinajstić information content (AvgIpc) is 3.13. The van der Waals surface area contributed by atoms with Gasteiger partial charge in [0, 0.05) is 24.1 Å². The summed E-state index contributed by atoms with van der Waals surface area (Å²) in [6.07, 6.45) is 0.952. The van der Waals surface area contributed by atoms with Crippen LogP contribution in [0.1, 0.15) is 50.8 Å². The van der Waals surface area contributed by atoms with Crippen molar-refractivity contribution in [1.29, 1.82) is 0 Å². The number of hydrogen-bond donors (Lipinski definition) is 0. The van der Waals surface area contributed by atoms with Crippen molar-refractivity contribution in [3.8, 4) is 5.75 Å². The molecule has 1 aliphatic heterocycles. The van der Waals surface area contributed by atoms with E-state index < -0.39 is 5.97 Å². The highest BCUT2D eigenvalue weighted by atomic mass is 19.1.